The first-order valence-electron chi connectivity index (χ1n) is 7.82. The van der Waals surface area contributed by atoms with Crippen molar-refractivity contribution in [3.63, 3.8) is 0 Å². The second kappa shape index (κ2) is 7.01. The van der Waals surface area contributed by atoms with Crippen molar-refractivity contribution >= 4 is 45.1 Å². The number of hydrogen-bond acceptors (Lipinski definition) is 8. The van der Waals surface area contributed by atoms with Gasteiger partial charge in [0.05, 0.1) is 23.4 Å². The lowest BCUT2D eigenvalue weighted by atomic mass is 10.2. The third kappa shape index (κ3) is 3.34. The van der Waals surface area contributed by atoms with Crippen molar-refractivity contribution in [3.05, 3.63) is 28.0 Å². The van der Waals surface area contributed by atoms with Crippen molar-refractivity contribution in [2.45, 2.75) is 38.0 Å². The number of nitrogens with one attached hydrogen (secondary N) is 1. The molecule has 1 atom stereocenters. The Kier molecular flexibility index (Phi) is 4.96. The summed E-state index contributed by atoms with van der Waals surface area (Å²) in [7, 11) is 0. The number of nitrogen functional groups attached to an aromatic ring is 1. The molecule has 0 saturated heterocycles. The van der Waals surface area contributed by atoms with E-state index in [1.165, 1.54) is 22.8 Å². The minimum absolute atomic E-state index is 0.108. The SMILES string of the molecule is CCOC(=O)c1cn[nH]c1SC(C)c1nc(N)c2c(C)c(C)sc2n1. The van der Waals surface area contributed by atoms with Gasteiger partial charge in [-0.15, -0.1) is 11.3 Å². The average molecular weight is 377 g/mol. The lowest BCUT2D eigenvalue weighted by Crippen LogP contribution is -2.06. The van der Waals surface area contributed by atoms with Gasteiger partial charge in [-0.2, -0.15) is 5.10 Å². The third-order valence-electron chi connectivity index (χ3n) is 3.83. The Morgan fingerprint density at radius 2 is 2.20 bits per heavy atom. The average Bonchev–Trinajstić information content (AvgIpc) is 3.12. The maximum Gasteiger partial charge on any atom is 0.342 e. The fraction of sp³-hybridized carbons (Fsp3) is 0.375. The van der Waals surface area contributed by atoms with Crippen LogP contribution in [-0.4, -0.2) is 32.7 Å². The van der Waals surface area contributed by atoms with Crippen LogP contribution in [0.3, 0.4) is 0 Å². The summed E-state index contributed by atoms with van der Waals surface area (Å²) in [6.45, 7) is 8.13. The number of anilines is 1. The monoisotopic (exact) mass is 377 g/mol. The highest BCUT2D eigenvalue weighted by Gasteiger charge is 2.21. The van der Waals surface area contributed by atoms with Gasteiger partial charge in [0.1, 0.15) is 27.1 Å². The zero-order chi connectivity index (χ0) is 18.1. The van der Waals surface area contributed by atoms with Crippen molar-refractivity contribution in [1.29, 1.82) is 0 Å². The van der Waals surface area contributed by atoms with Crippen LogP contribution in [0.15, 0.2) is 11.2 Å². The zero-order valence-corrected chi connectivity index (χ0v) is 16.0. The molecule has 9 heteroatoms. The number of hydrogen-bond donors (Lipinski definition) is 2. The highest BCUT2D eigenvalue weighted by molar-refractivity contribution is 7.99. The molecule has 0 aliphatic rings. The molecular weight excluding hydrogens is 358 g/mol. The standard InChI is InChI=1S/C16H19N5O2S2/c1-5-23-16(22)10-6-18-21-14(10)25-9(4)13-19-12(17)11-7(2)8(3)24-15(11)20-13/h6,9H,5H2,1-4H3,(H,18,21)(H2,17,19,20). The van der Waals surface area contributed by atoms with E-state index < -0.39 is 5.97 Å². The first-order valence-corrected chi connectivity index (χ1v) is 9.52. The van der Waals surface area contributed by atoms with Gasteiger partial charge in [0.15, 0.2) is 0 Å². The first-order chi connectivity index (χ1) is 11.9. The molecule has 25 heavy (non-hydrogen) atoms. The van der Waals surface area contributed by atoms with Crippen LogP contribution < -0.4 is 5.73 Å². The fourth-order valence-electron chi connectivity index (χ4n) is 2.43. The maximum atomic E-state index is 12.0. The van der Waals surface area contributed by atoms with Gasteiger partial charge in [0, 0.05) is 4.88 Å². The number of thiophene rings is 1. The van der Waals surface area contributed by atoms with Gasteiger partial charge in [-0.1, -0.05) is 11.8 Å². The highest BCUT2D eigenvalue weighted by atomic mass is 32.2. The van der Waals surface area contributed by atoms with Crippen LogP contribution >= 0.6 is 23.1 Å². The smallest absolute Gasteiger partial charge is 0.342 e. The molecule has 0 aromatic carbocycles. The van der Waals surface area contributed by atoms with Crippen molar-refractivity contribution in [3.8, 4) is 0 Å². The molecular formula is C16H19N5O2S2. The largest absolute Gasteiger partial charge is 0.462 e. The van der Waals surface area contributed by atoms with Crippen LogP contribution in [0.4, 0.5) is 5.82 Å². The van der Waals surface area contributed by atoms with Gasteiger partial charge in [0.25, 0.3) is 0 Å². The number of carbonyl (C=O) groups excluding carboxylic acids is 1. The van der Waals surface area contributed by atoms with Crippen LogP contribution in [0.5, 0.6) is 0 Å². The minimum Gasteiger partial charge on any atom is -0.462 e. The Hall–Kier alpha value is -2.13. The molecule has 0 bridgehead atoms. The number of nitrogens with two attached hydrogens (primary N) is 1. The normalized spacial score (nSPS) is 12.5. The molecule has 0 fully saturated rings. The fourth-order valence-corrected chi connectivity index (χ4v) is 4.40. The Morgan fingerprint density at radius 3 is 2.92 bits per heavy atom. The Morgan fingerprint density at radius 1 is 1.44 bits per heavy atom. The van der Waals surface area contributed by atoms with Gasteiger partial charge < -0.3 is 10.5 Å². The molecule has 0 saturated carbocycles. The highest BCUT2D eigenvalue weighted by Crippen LogP contribution is 2.37. The zero-order valence-electron chi connectivity index (χ0n) is 14.4. The molecule has 0 aliphatic carbocycles. The molecule has 0 spiro atoms. The van der Waals surface area contributed by atoms with Crippen molar-refractivity contribution in [2.24, 2.45) is 0 Å². The number of rotatable bonds is 5. The summed E-state index contributed by atoms with van der Waals surface area (Å²) >= 11 is 3.03. The maximum absolute atomic E-state index is 12.0. The van der Waals surface area contributed by atoms with E-state index in [1.807, 2.05) is 13.8 Å². The van der Waals surface area contributed by atoms with Gasteiger partial charge in [-0.25, -0.2) is 14.8 Å². The Labute approximate surface area is 153 Å². The second-order valence-corrected chi connectivity index (χ2v) is 8.08. The minimum atomic E-state index is -0.397. The lowest BCUT2D eigenvalue weighted by Gasteiger charge is -2.11. The molecule has 3 rings (SSSR count). The number of thioether (sulfide) groups is 1. The predicted molar refractivity (Wildman–Crippen MR) is 100 cm³/mol. The first kappa shape index (κ1) is 17.7. The molecule has 0 amide bonds. The number of aromatic nitrogens is 4. The van der Waals surface area contributed by atoms with Crippen molar-refractivity contribution in [1.82, 2.24) is 20.2 Å². The van der Waals surface area contributed by atoms with Gasteiger partial charge >= 0.3 is 5.97 Å². The van der Waals surface area contributed by atoms with E-state index in [1.54, 1.807) is 18.3 Å². The number of fused-ring (bicyclic) bond motifs is 1. The number of carbonyl (C=O) groups is 1. The predicted octanol–water partition coefficient (Wildman–Crippen LogP) is 3.64. The summed E-state index contributed by atoms with van der Waals surface area (Å²) in [4.78, 5) is 23.2. The second-order valence-electron chi connectivity index (χ2n) is 5.52. The molecule has 3 aromatic heterocycles. The molecule has 0 radical (unpaired) electrons. The summed E-state index contributed by atoms with van der Waals surface area (Å²) in [6.07, 6.45) is 1.47. The van der Waals surface area contributed by atoms with E-state index in [2.05, 4.69) is 27.1 Å². The molecule has 3 aromatic rings. The molecule has 0 aliphatic heterocycles. The third-order valence-corrected chi connectivity index (χ3v) is 6.04. The van der Waals surface area contributed by atoms with E-state index >= 15 is 0 Å². The van der Waals surface area contributed by atoms with E-state index in [0.717, 1.165) is 15.8 Å². The Balaban J connectivity index is 1.90. The Bertz CT molecular complexity index is 934. The number of esters is 1. The summed E-state index contributed by atoms with van der Waals surface area (Å²) in [5, 5.41) is 8.23. The quantitative estimate of drug-likeness (QED) is 0.516. The van der Waals surface area contributed by atoms with Crippen LogP contribution in [0.25, 0.3) is 10.2 Å². The number of H-pyrrole nitrogens is 1. The molecule has 7 nitrogen and oxygen atoms in total. The molecule has 1 unspecified atom stereocenters. The van der Waals surface area contributed by atoms with Gasteiger partial charge in [-0.05, 0) is 33.3 Å². The van der Waals surface area contributed by atoms with E-state index in [-0.39, 0.29) is 5.25 Å². The molecule has 132 valence electrons. The molecule has 3 N–H and O–H groups in total. The summed E-state index contributed by atoms with van der Waals surface area (Å²) in [5.74, 6) is 0.719. The number of aryl methyl sites for hydroxylation is 2. The number of ether oxygens (including phenoxy) is 1. The van der Waals surface area contributed by atoms with Crippen LogP contribution in [0, 0.1) is 13.8 Å². The van der Waals surface area contributed by atoms with Crippen molar-refractivity contribution < 1.29 is 9.53 Å². The topological polar surface area (TPSA) is 107 Å². The van der Waals surface area contributed by atoms with Crippen LogP contribution in [0.2, 0.25) is 0 Å². The number of aromatic amines is 1. The van der Waals surface area contributed by atoms with E-state index in [0.29, 0.717) is 28.8 Å². The van der Waals surface area contributed by atoms with E-state index in [4.69, 9.17) is 10.5 Å². The molecule has 3 heterocycles. The van der Waals surface area contributed by atoms with Crippen LogP contribution in [-0.2, 0) is 4.74 Å². The lowest BCUT2D eigenvalue weighted by molar-refractivity contribution is 0.0522. The van der Waals surface area contributed by atoms with Crippen molar-refractivity contribution in [2.75, 3.05) is 12.3 Å². The number of nitrogens with zero attached hydrogens (tertiary/aromatic N) is 3. The summed E-state index contributed by atoms with van der Waals surface area (Å²) in [5.41, 5.74) is 7.69. The van der Waals surface area contributed by atoms with Gasteiger partial charge in [-0.3, -0.25) is 5.10 Å². The summed E-state index contributed by atoms with van der Waals surface area (Å²) < 4.78 is 5.05. The van der Waals surface area contributed by atoms with Gasteiger partial charge in [0.2, 0.25) is 0 Å². The van der Waals surface area contributed by atoms with E-state index in [9.17, 15) is 4.79 Å². The summed E-state index contributed by atoms with van der Waals surface area (Å²) in [6, 6.07) is 0. The van der Waals surface area contributed by atoms with Crippen LogP contribution in [0.1, 0.15) is 45.7 Å².